The third-order valence-corrected chi connectivity index (χ3v) is 8.59. The maximum absolute atomic E-state index is 12.9. The van der Waals surface area contributed by atoms with E-state index in [9.17, 15) is 13.2 Å². The molecule has 2 unspecified atom stereocenters. The SMILES string of the molecule is Cc1cc(Br)ccc1S(=O)(=O)NCC1C2CCC(CC2)C1/C=C\CCCC(=O)O. The lowest BCUT2D eigenvalue weighted by Gasteiger charge is -2.48. The zero-order valence-corrected chi connectivity index (χ0v) is 19.2. The monoisotopic (exact) mass is 483 g/mol. The van der Waals surface area contributed by atoms with Crippen molar-refractivity contribution in [3.8, 4) is 0 Å². The number of halogens is 1. The summed E-state index contributed by atoms with van der Waals surface area (Å²) < 4.78 is 29.5. The van der Waals surface area contributed by atoms with Gasteiger partial charge in [0.15, 0.2) is 0 Å². The van der Waals surface area contributed by atoms with Crippen LogP contribution in [0.25, 0.3) is 0 Å². The van der Waals surface area contributed by atoms with E-state index in [0.717, 1.165) is 16.5 Å². The molecule has 0 saturated heterocycles. The number of benzene rings is 1. The van der Waals surface area contributed by atoms with Crippen molar-refractivity contribution in [3.63, 3.8) is 0 Å². The first kappa shape index (κ1) is 22.5. The normalized spacial score (nSPS) is 26.8. The van der Waals surface area contributed by atoms with Crippen molar-refractivity contribution in [2.75, 3.05) is 6.54 Å². The lowest BCUT2D eigenvalue weighted by molar-refractivity contribution is -0.137. The van der Waals surface area contributed by atoms with E-state index in [-0.39, 0.29) is 6.42 Å². The molecule has 0 aromatic heterocycles. The fourth-order valence-electron chi connectivity index (χ4n) is 5.05. The fraction of sp³-hybridized carbons (Fsp3) is 0.591. The zero-order chi connectivity index (χ0) is 21.0. The van der Waals surface area contributed by atoms with Gasteiger partial charge in [-0.2, -0.15) is 0 Å². The second kappa shape index (κ2) is 9.75. The molecule has 0 spiro atoms. The minimum absolute atomic E-state index is 0.191. The molecular weight excluding hydrogens is 454 g/mol. The van der Waals surface area contributed by atoms with E-state index >= 15 is 0 Å². The summed E-state index contributed by atoms with van der Waals surface area (Å²) in [5.74, 6) is 1.09. The van der Waals surface area contributed by atoms with Gasteiger partial charge in [-0.3, -0.25) is 4.79 Å². The molecule has 5 nitrogen and oxygen atoms in total. The molecule has 1 aromatic carbocycles. The van der Waals surface area contributed by atoms with Crippen LogP contribution in [0.5, 0.6) is 0 Å². The summed E-state index contributed by atoms with van der Waals surface area (Å²) in [6.07, 6.45) is 10.7. The minimum atomic E-state index is -3.55. The first-order valence-electron chi connectivity index (χ1n) is 10.4. The van der Waals surface area contributed by atoms with Gasteiger partial charge in [0.2, 0.25) is 10.0 Å². The van der Waals surface area contributed by atoms with Crippen LogP contribution >= 0.6 is 15.9 Å². The Bertz CT molecular complexity index is 860. The van der Waals surface area contributed by atoms with Crippen LogP contribution < -0.4 is 4.72 Å². The molecule has 3 saturated carbocycles. The van der Waals surface area contributed by atoms with Crippen LogP contribution in [0.3, 0.4) is 0 Å². The summed E-state index contributed by atoms with van der Waals surface area (Å²) >= 11 is 3.38. The van der Waals surface area contributed by atoms with Crippen molar-refractivity contribution in [2.24, 2.45) is 23.7 Å². The van der Waals surface area contributed by atoms with Crippen molar-refractivity contribution in [1.29, 1.82) is 0 Å². The number of aryl methyl sites for hydroxylation is 1. The third-order valence-electron chi connectivity index (χ3n) is 6.52. The number of carbonyl (C=O) groups is 1. The number of carboxylic acids is 1. The van der Waals surface area contributed by atoms with Crippen LogP contribution in [-0.2, 0) is 14.8 Å². The van der Waals surface area contributed by atoms with Crippen molar-refractivity contribution >= 4 is 31.9 Å². The van der Waals surface area contributed by atoms with Gasteiger partial charge in [0.05, 0.1) is 4.90 Å². The van der Waals surface area contributed by atoms with E-state index in [1.807, 2.05) is 13.0 Å². The van der Waals surface area contributed by atoms with E-state index < -0.39 is 16.0 Å². The van der Waals surface area contributed by atoms with Crippen LogP contribution in [0.15, 0.2) is 39.7 Å². The second-order valence-corrected chi connectivity index (χ2v) is 11.0. The maximum Gasteiger partial charge on any atom is 0.303 e. The summed E-state index contributed by atoms with van der Waals surface area (Å²) in [6, 6.07) is 5.22. The molecule has 0 heterocycles. The molecule has 0 radical (unpaired) electrons. The predicted molar refractivity (Wildman–Crippen MR) is 117 cm³/mol. The molecule has 2 atom stereocenters. The highest BCUT2D eigenvalue weighted by atomic mass is 79.9. The number of fused-ring (bicyclic) bond motifs is 3. The number of hydrogen-bond acceptors (Lipinski definition) is 3. The van der Waals surface area contributed by atoms with E-state index in [1.165, 1.54) is 25.7 Å². The van der Waals surface area contributed by atoms with Crippen molar-refractivity contribution in [3.05, 3.63) is 40.4 Å². The van der Waals surface area contributed by atoms with Gasteiger partial charge in [-0.1, -0.05) is 28.1 Å². The second-order valence-electron chi connectivity index (χ2n) is 8.39. The van der Waals surface area contributed by atoms with Crippen LogP contribution in [0.2, 0.25) is 0 Å². The molecule has 3 aliphatic rings. The third kappa shape index (κ3) is 5.70. The number of allylic oxidation sites excluding steroid dienone is 2. The number of carboxylic acid groups (broad SMARTS) is 1. The Morgan fingerprint density at radius 3 is 2.59 bits per heavy atom. The first-order valence-corrected chi connectivity index (χ1v) is 12.7. The molecule has 0 amide bonds. The van der Waals surface area contributed by atoms with Gasteiger partial charge in [0.25, 0.3) is 0 Å². The number of rotatable bonds is 9. The smallest absolute Gasteiger partial charge is 0.303 e. The molecule has 29 heavy (non-hydrogen) atoms. The molecule has 4 rings (SSSR count). The fourth-order valence-corrected chi connectivity index (χ4v) is 6.82. The van der Waals surface area contributed by atoms with Gasteiger partial charge < -0.3 is 5.11 Å². The highest BCUT2D eigenvalue weighted by Gasteiger charge is 2.42. The number of hydrogen-bond donors (Lipinski definition) is 2. The van der Waals surface area contributed by atoms with E-state index in [1.54, 1.807) is 12.1 Å². The van der Waals surface area contributed by atoms with E-state index in [0.29, 0.717) is 41.5 Å². The Kier molecular flexibility index (Phi) is 7.57. The molecule has 1 aromatic rings. The van der Waals surface area contributed by atoms with Gasteiger partial charge in [-0.25, -0.2) is 13.1 Å². The van der Waals surface area contributed by atoms with Gasteiger partial charge in [-0.05, 0) is 92.9 Å². The Morgan fingerprint density at radius 2 is 1.93 bits per heavy atom. The Morgan fingerprint density at radius 1 is 1.24 bits per heavy atom. The van der Waals surface area contributed by atoms with Crippen LogP contribution in [-0.4, -0.2) is 26.0 Å². The predicted octanol–water partition coefficient (Wildman–Crippen LogP) is 4.90. The molecule has 2 N–H and O–H groups in total. The van der Waals surface area contributed by atoms with Crippen molar-refractivity contribution in [1.82, 2.24) is 4.72 Å². The summed E-state index contributed by atoms with van der Waals surface area (Å²) in [7, 11) is -3.55. The largest absolute Gasteiger partial charge is 0.481 e. The van der Waals surface area contributed by atoms with Gasteiger partial charge >= 0.3 is 5.97 Å². The van der Waals surface area contributed by atoms with Gasteiger partial charge in [0, 0.05) is 17.4 Å². The summed E-state index contributed by atoms with van der Waals surface area (Å²) in [5.41, 5.74) is 0.729. The standard InChI is InChI=1S/C22H30BrNO4S/c1-15-13-18(23)11-12-21(15)29(27,28)24-14-20-17-9-7-16(8-10-17)19(20)5-3-2-4-6-22(25)26/h3,5,11-13,16-17,19-20,24H,2,4,6-10,14H2,1H3,(H,25,26)/b5-3-. The summed E-state index contributed by atoms with van der Waals surface area (Å²) in [5, 5.41) is 8.77. The average Bonchev–Trinajstić information content (AvgIpc) is 2.67. The quantitative estimate of drug-likeness (QED) is 0.386. The zero-order valence-electron chi connectivity index (χ0n) is 16.8. The Hall–Kier alpha value is -1.18. The van der Waals surface area contributed by atoms with Crippen LogP contribution in [0, 0.1) is 30.6 Å². The lowest BCUT2D eigenvalue weighted by atomic mass is 9.58. The Balaban J connectivity index is 1.66. The van der Waals surface area contributed by atoms with E-state index in [4.69, 9.17) is 5.11 Å². The lowest BCUT2D eigenvalue weighted by Crippen LogP contribution is -2.45. The molecular formula is C22H30BrNO4S. The van der Waals surface area contributed by atoms with Gasteiger partial charge in [0.1, 0.15) is 0 Å². The van der Waals surface area contributed by atoms with Crippen LogP contribution in [0.4, 0.5) is 0 Å². The number of unbranched alkanes of at least 4 members (excludes halogenated alkanes) is 1. The number of sulfonamides is 1. The summed E-state index contributed by atoms with van der Waals surface area (Å²) in [6.45, 7) is 2.27. The Labute approximate surface area is 182 Å². The number of aliphatic carboxylic acids is 1. The number of nitrogens with one attached hydrogen (secondary N) is 1. The molecule has 7 heteroatoms. The molecule has 2 bridgehead atoms. The molecule has 3 aliphatic carbocycles. The molecule has 3 fully saturated rings. The highest BCUT2D eigenvalue weighted by Crippen LogP contribution is 2.49. The topological polar surface area (TPSA) is 83.5 Å². The molecule has 0 aliphatic heterocycles. The average molecular weight is 484 g/mol. The molecule has 160 valence electrons. The van der Waals surface area contributed by atoms with E-state index in [2.05, 4.69) is 32.8 Å². The maximum atomic E-state index is 12.9. The van der Waals surface area contributed by atoms with Gasteiger partial charge in [-0.15, -0.1) is 0 Å². The summed E-state index contributed by atoms with van der Waals surface area (Å²) in [4.78, 5) is 11.0. The first-order chi connectivity index (χ1) is 13.8. The highest BCUT2D eigenvalue weighted by molar-refractivity contribution is 9.10. The van der Waals surface area contributed by atoms with Crippen molar-refractivity contribution in [2.45, 2.75) is 56.8 Å². The van der Waals surface area contributed by atoms with Crippen molar-refractivity contribution < 1.29 is 18.3 Å². The minimum Gasteiger partial charge on any atom is -0.481 e. The van der Waals surface area contributed by atoms with Crippen LogP contribution in [0.1, 0.15) is 50.5 Å².